The van der Waals surface area contributed by atoms with Crippen molar-refractivity contribution in [2.75, 3.05) is 19.3 Å². The van der Waals surface area contributed by atoms with E-state index in [1.807, 2.05) is 37.3 Å². The summed E-state index contributed by atoms with van der Waals surface area (Å²) in [6.07, 6.45) is 2.33. The number of rotatable bonds is 6. The number of aryl methyl sites for hydroxylation is 1. The second kappa shape index (κ2) is 8.29. The van der Waals surface area contributed by atoms with Crippen molar-refractivity contribution < 1.29 is 17.9 Å². The molecule has 1 saturated heterocycles. The minimum Gasteiger partial charge on any atom is -0.371 e. The van der Waals surface area contributed by atoms with Crippen LogP contribution in [0.25, 0.3) is 0 Å². The first-order valence-corrected chi connectivity index (χ1v) is 11.1. The normalized spacial score (nSPS) is 19.6. The number of carbonyl (C=O) groups is 1. The van der Waals surface area contributed by atoms with Gasteiger partial charge in [-0.25, -0.2) is 8.42 Å². The van der Waals surface area contributed by atoms with Gasteiger partial charge in [-0.05, 0) is 36.3 Å². The summed E-state index contributed by atoms with van der Waals surface area (Å²) in [4.78, 5) is 14.1. The molecule has 0 spiro atoms. The number of carbonyl (C=O) groups excluding carboxylic acids is 1. The number of benzene rings is 2. The molecule has 2 aromatic carbocycles. The number of sulfone groups is 1. The van der Waals surface area contributed by atoms with Crippen LogP contribution in [0.4, 0.5) is 0 Å². The van der Waals surface area contributed by atoms with Crippen LogP contribution < -0.4 is 0 Å². The Kier molecular flexibility index (Phi) is 6.01. The fourth-order valence-electron chi connectivity index (χ4n) is 3.54. The van der Waals surface area contributed by atoms with E-state index in [-0.39, 0.29) is 22.8 Å². The molecule has 6 heteroatoms. The van der Waals surface area contributed by atoms with Gasteiger partial charge in [0.1, 0.15) is 0 Å². The van der Waals surface area contributed by atoms with Gasteiger partial charge >= 0.3 is 0 Å². The summed E-state index contributed by atoms with van der Waals surface area (Å²) >= 11 is 0. The summed E-state index contributed by atoms with van der Waals surface area (Å²) in [5, 5.41) is 0. The van der Waals surface area contributed by atoms with Crippen molar-refractivity contribution >= 4 is 15.7 Å². The molecule has 3 rings (SSSR count). The third-order valence-corrected chi connectivity index (χ3v) is 6.16. The lowest BCUT2D eigenvalue weighted by Gasteiger charge is -2.19. The fourth-order valence-corrected chi connectivity index (χ4v) is 4.17. The van der Waals surface area contributed by atoms with Gasteiger partial charge in [-0.15, -0.1) is 0 Å². The van der Waals surface area contributed by atoms with Crippen LogP contribution in [0.1, 0.15) is 22.6 Å². The average molecular weight is 400 g/mol. The molecule has 2 aromatic rings. The molecule has 148 valence electrons. The van der Waals surface area contributed by atoms with Gasteiger partial charge < -0.3 is 9.64 Å². The van der Waals surface area contributed by atoms with Gasteiger partial charge in [-0.2, -0.15) is 0 Å². The lowest BCUT2D eigenvalue weighted by molar-refractivity contribution is -0.125. The molecule has 2 atom stereocenters. The highest BCUT2D eigenvalue weighted by atomic mass is 32.2. The minimum atomic E-state index is -3.24. The zero-order valence-corrected chi connectivity index (χ0v) is 17.0. The second-order valence-electron chi connectivity index (χ2n) is 7.23. The highest BCUT2D eigenvalue weighted by Gasteiger charge is 2.36. The van der Waals surface area contributed by atoms with Crippen molar-refractivity contribution in [3.8, 4) is 0 Å². The van der Waals surface area contributed by atoms with Crippen LogP contribution in [0.3, 0.4) is 0 Å². The van der Waals surface area contributed by atoms with Gasteiger partial charge in [-0.3, -0.25) is 4.79 Å². The predicted octanol–water partition coefficient (Wildman–Crippen LogP) is 3.10. The SMILES string of the molecule is C=CC(=O)N1C[C@@H](OCc2cccc(C)c2)[C@H](c2ccc(S(C)(=O)=O)cc2)C1. The van der Waals surface area contributed by atoms with Gasteiger partial charge in [0.15, 0.2) is 9.84 Å². The van der Waals surface area contributed by atoms with E-state index in [2.05, 4.69) is 12.6 Å². The van der Waals surface area contributed by atoms with E-state index in [0.717, 1.165) is 11.1 Å². The maximum absolute atomic E-state index is 12.1. The molecule has 0 radical (unpaired) electrons. The van der Waals surface area contributed by atoms with Gasteiger partial charge in [0, 0.05) is 25.3 Å². The highest BCUT2D eigenvalue weighted by Crippen LogP contribution is 2.31. The lowest BCUT2D eigenvalue weighted by atomic mass is 9.96. The van der Waals surface area contributed by atoms with E-state index >= 15 is 0 Å². The molecule has 1 aliphatic heterocycles. The Morgan fingerprint density at radius 3 is 2.54 bits per heavy atom. The monoisotopic (exact) mass is 399 g/mol. The zero-order valence-electron chi connectivity index (χ0n) is 16.2. The van der Waals surface area contributed by atoms with Crippen LogP contribution in [0.5, 0.6) is 0 Å². The standard InChI is InChI=1S/C22H25NO4S/c1-4-22(24)23-13-20(18-8-10-19(11-9-18)28(3,25)26)21(14-23)27-15-17-7-5-6-16(2)12-17/h4-12,20-21H,1,13-15H2,2-3H3/t20-,21+/m0/s1. The Balaban J connectivity index is 1.80. The van der Waals surface area contributed by atoms with Gasteiger partial charge in [0.2, 0.25) is 5.91 Å². The Bertz CT molecular complexity index is 966. The van der Waals surface area contributed by atoms with Crippen LogP contribution in [0.2, 0.25) is 0 Å². The molecule has 0 aliphatic carbocycles. The molecule has 28 heavy (non-hydrogen) atoms. The summed E-state index contributed by atoms with van der Waals surface area (Å²) in [6.45, 7) is 7.06. The number of nitrogens with zero attached hydrogens (tertiary/aromatic N) is 1. The molecule has 0 unspecified atom stereocenters. The molecule has 1 heterocycles. The van der Waals surface area contributed by atoms with Gasteiger partial charge in [-0.1, -0.05) is 48.5 Å². The summed E-state index contributed by atoms with van der Waals surface area (Å²) in [6, 6.07) is 15.0. The van der Waals surface area contributed by atoms with Crippen LogP contribution in [0, 0.1) is 6.92 Å². The van der Waals surface area contributed by atoms with Crippen molar-refractivity contribution in [1.82, 2.24) is 4.90 Å². The van der Waals surface area contributed by atoms with Crippen molar-refractivity contribution in [3.63, 3.8) is 0 Å². The van der Waals surface area contributed by atoms with Crippen LogP contribution in [0.15, 0.2) is 66.1 Å². The first kappa shape index (κ1) is 20.3. The Labute approximate surface area is 166 Å². The minimum absolute atomic E-state index is 0.0256. The molecule has 0 saturated carbocycles. The van der Waals surface area contributed by atoms with E-state index in [9.17, 15) is 13.2 Å². The first-order chi connectivity index (χ1) is 13.3. The summed E-state index contributed by atoms with van der Waals surface area (Å²) < 4.78 is 29.6. The Morgan fingerprint density at radius 1 is 1.21 bits per heavy atom. The van der Waals surface area contributed by atoms with Gasteiger partial charge in [0.05, 0.1) is 17.6 Å². The summed E-state index contributed by atoms with van der Waals surface area (Å²) in [7, 11) is -3.24. The van der Waals surface area contributed by atoms with Crippen molar-refractivity contribution in [3.05, 3.63) is 77.9 Å². The number of ether oxygens (including phenoxy) is 1. The van der Waals surface area contributed by atoms with Crippen molar-refractivity contribution in [2.45, 2.75) is 30.4 Å². The third kappa shape index (κ3) is 4.69. The maximum atomic E-state index is 12.1. The number of likely N-dealkylation sites (tertiary alicyclic amines) is 1. The quantitative estimate of drug-likeness (QED) is 0.700. The number of hydrogen-bond acceptors (Lipinski definition) is 4. The van der Waals surface area contributed by atoms with Crippen LogP contribution in [-0.2, 0) is 26.0 Å². The Morgan fingerprint density at radius 2 is 1.93 bits per heavy atom. The predicted molar refractivity (Wildman–Crippen MR) is 109 cm³/mol. The van der Waals surface area contributed by atoms with Crippen molar-refractivity contribution in [2.24, 2.45) is 0 Å². The maximum Gasteiger partial charge on any atom is 0.246 e. The molecule has 0 N–H and O–H groups in total. The number of hydrogen-bond donors (Lipinski definition) is 0. The van der Waals surface area contributed by atoms with E-state index in [1.165, 1.54) is 17.9 Å². The van der Waals surface area contributed by atoms with E-state index in [4.69, 9.17) is 4.74 Å². The molecule has 5 nitrogen and oxygen atoms in total. The molecule has 1 aliphatic rings. The summed E-state index contributed by atoms with van der Waals surface area (Å²) in [5.41, 5.74) is 3.21. The van der Waals surface area contributed by atoms with Crippen LogP contribution in [-0.4, -0.2) is 44.7 Å². The zero-order chi connectivity index (χ0) is 20.3. The molecular formula is C22H25NO4S. The highest BCUT2D eigenvalue weighted by molar-refractivity contribution is 7.90. The van der Waals surface area contributed by atoms with Gasteiger partial charge in [0.25, 0.3) is 0 Å². The van der Waals surface area contributed by atoms with E-state index < -0.39 is 9.84 Å². The molecular weight excluding hydrogens is 374 g/mol. The summed E-state index contributed by atoms with van der Waals surface area (Å²) in [5.74, 6) is -0.151. The Hall–Kier alpha value is -2.44. The smallest absolute Gasteiger partial charge is 0.246 e. The topological polar surface area (TPSA) is 63.7 Å². The molecule has 1 fully saturated rings. The van der Waals surface area contributed by atoms with E-state index in [1.54, 1.807) is 17.0 Å². The largest absolute Gasteiger partial charge is 0.371 e. The van der Waals surface area contributed by atoms with E-state index in [0.29, 0.717) is 19.7 Å². The number of amides is 1. The van der Waals surface area contributed by atoms with Crippen molar-refractivity contribution in [1.29, 1.82) is 0 Å². The fraction of sp³-hybridized carbons (Fsp3) is 0.318. The third-order valence-electron chi connectivity index (χ3n) is 5.04. The lowest BCUT2D eigenvalue weighted by Crippen LogP contribution is -2.28. The molecule has 0 bridgehead atoms. The average Bonchev–Trinajstić information content (AvgIpc) is 3.09. The first-order valence-electron chi connectivity index (χ1n) is 9.16. The van der Waals surface area contributed by atoms with Crippen LogP contribution >= 0.6 is 0 Å². The molecule has 0 aromatic heterocycles. The molecule has 1 amide bonds. The second-order valence-corrected chi connectivity index (χ2v) is 9.25.